The Morgan fingerprint density at radius 2 is 2.27 bits per heavy atom. The third-order valence-corrected chi connectivity index (χ3v) is 3.93. The minimum atomic E-state index is -0.652. The van der Waals surface area contributed by atoms with Crippen LogP contribution in [-0.4, -0.2) is 52.8 Å². The Bertz CT molecular complexity index is 211. The largest absolute Gasteiger partial charge is 0.314 e. The van der Waals surface area contributed by atoms with Crippen molar-refractivity contribution in [3.63, 3.8) is 0 Å². The lowest BCUT2D eigenvalue weighted by molar-refractivity contribution is 0.145. The molecule has 0 radical (unpaired) electrons. The highest BCUT2D eigenvalue weighted by atomic mass is 32.2. The molecule has 3 nitrogen and oxygen atoms in total. The summed E-state index contributed by atoms with van der Waals surface area (Å²) in [5.41, 5.74) is 0. The van der Waals surface area contributed by atoms with E-state index in [1.165, 1.54) is 12.8 Å². The fraction of sp³-hybridized carbons (Fsp3) is 1.00. The van der Waals surface area contributed by atoms with Crippen LogP contribution in [-0.2, 0) is 10.8 Å². The average molecular weight is 232 g/mol. The number of hydrogen-bond donors (Lipinski definition) is 1. The predicted molar refractivity (Wildman–Crippen MR) is 66.7 cm³/mol. The van der Waals surface area contributed by atoms with Gasteiger partial charge >= 0.3 is 0 Å². The lowest BCUT2D eigenvalue weighted by Gasteiger charge is -2.37. The van der Waals surface area contributed by atoms with E-state index in [1.807, 2.05) is 0 Å². The quantitative estimate of drug-likeness (QED) is 0.762. The molecule has 1 saturated heterocycles. The van der Waals surface area contributed by atoms with Crippen LogP contribution in [0.15, 0.2) is 0 Å². The predicted octanol–water partition coefficient (Wildman–Crippen LogP) is 0.827. The van der Waals surface area contributed by atoms with Gasteiger partial charge in [-0.05, 0) is 32.9 Å². The van der Waals surface area contributed by atoms with Gasteiger partial charge in [0.05, 0.1) is 0 Å². The van der Waals surface area contributed by atoms with E-state index in [0.29, 0.717) is 12.1 Å². The molecule has 4 heteroatoms. The molecule has 3 unspecified atom stereocenters. The highest BCUT2D eigenvalue weighted by Crippen LogP contribution is 2.16. The fourth-order valence-electron chi connectivity index (χ4n) is 2.27. The summed E-state index contributed by atoms with van der Waals surface area (Å²) in [5.74, 6) is 0.816. The third-order valence-electron chi connectivity index (χ3n) is 3.17. The minimum absolute atomic E-state index is 0.631. The van der Waals surface area contributed by atoms with Crippen LogP contribution in [0.5, 0.6) is 0 Å². The summed E-state index contributed by atoms with van der Waals surface area (Å²) < 4.78 is 11.0. The molecule has 15 heavy (non-hydrogen) atoms. The monoisotopic (exact) mass is 232 g/mol. The van der Waals surface area contributed by atoms with Crippen molar-refractivity contribution in [2.24, 2.45) is 0 Å². The molecular weight excluding hydrogens is 208 g/mol. The molecule has 1 rings (SSSR count). The van der Waals surface area contributed by atoms with Gasteiger partial charge in [-0.2, -0.15) is 0 Å². The summed E-state index contributed by atoms with van der Waals surface area (Å²) in [6.07, 6.45) is 4.24. The van der Waals surface area contributed by atoms with Gasteiger partial charge in [-0.15, -0.1) is 0 Å². The molecule has 0 aromatic heterocycles. The summed E-state index contributed by atoms with van der Waals surface area (Å²) >= 11 is 0. The lowest BCUT2D eigenvalue weighted by Crippen LogP contribution is -2.48. The van der Waals surface area contributed by atoms with Gasteiger partial charge in [0, 0.05) is 41.4 Å². The van der Waals surface area contributed by atoms with E-state index in [4.69, 9.17) is 0 Å². The van der Waals surface area contributed by atoms with Crippen LogP contribution in [0.3, 0.4) is 0 Å². The minimum Gasteiger partial charge on any atom is -0.314 e. The molecule has 0 aromatic rings. The summed E-state index contributed by atoms with van der Waals surface area (Å²) in [7, 11) is -0.652. The first-order valence-electron chi connectivity index (χ1n) is 5.91. The zero-order valence-corrected chi connectivity index (χ0v) is 11.0. The van der Waals surface area contributed by atoms with E-state index in [1.54, 1.807) is 6.26 Å². The van der Waals surface area contributed by atoms with E-state index in [-0.39, 0.29) is 0 Å². The van der Waals surface area contributed by atoms with Crippen LogP contribution < -0.4 is 5.32 Å². The Hall–Kier alpha value is 0.0700. The van der Waals surface area contributed by atoms with Crippen LogP contribution in [0.1, 0.15) is 26.7 Å². The van der Waals surface area contributed by atoms with Gasteiger partial charge in [-0.25, -0.2) is 0 Å². The molecule has 1 fully saturated rings. The first-order chi connectivity index (χ1) is 7.13. The molecule has 0 amide bonds. The molecule has 3 atom stereocenters. The maximum absolute atomic E-state index is 11.0. The third kappa shape index (κ3) is 4.62. The van der Waals surface area contributed by atoms with Gasteiger partial charge in [0.2, 0.25) is 0 Å². The van der Waals surface area contributed by atoms with Gasteiger partial charge in [-0.3, -0.25) is 9.11 Å². The Balaban J connectivity index is 2.29. The number of hydrogen-bond acceptors (Lipinski definition) is 3. The van der Waals surface area contributed by atoms with Crippen molar-refractivity contribution in [3.8, 4) is 0 Å². The zero-order chi connectivity index (χ0) is 11.3. The van der Waals surface area contributed by atoms with Gasteiger partial charge in [0.1, 0.15) is 0 Å². The maximum atomic E-state index is 11.0. The summed E-state index contributed by atoms with van der Waals surface area (Å²) in [4.78, 5) is 2.47. The number of rotatable bonds is 5. The van der Waals surface area contributed by atoms with Crippen molar-refractivity contribution >= 4 is 10.8 Å². The van der Waals surface area contributed by atoms with Crippen LogP contribution in [0, 0.1) is 0 Å². The van der Waals surface area contributed by atoms with Crippen molar-refractivity contribution in [2.75, 3.05) is 31.6 Å². The second-order valence-corrected chi connectivity index (χ2v) is 6.00. The van der Waals surface area contributed by atoms with Crippen molar-refractivity contribution < 1.29 is 4.21 Å². The lowest BCUT2D eigenvalue weighted by atomic mass is 9.98. The Morgan fingerprint density at radius 1 is 1.53 bits per heavy atom. The molecule has 0 saturated carbocycles. The smallest absolute Gasteiger partial charge is 0.0359 e. The van der Waals surface area contributed by atoms with Crippen molar-refractivity contribution in [1.82, 2.24) is 10.2 Å². The van der Waals surface area contributed by atoms with Crippen LogP contribution in [0.4, 0.5) is 0 Å². The Kier molecular flexibility index (Phi) is 5.79. The molecule has 1 N–H and O–H groups in total. The highest BCUT2D eigenvalue weighted by Gasteiger charge is 2.24. The number of piperidine rings is 1. The molecular formula is C11H24N2OS. The summed E-state index contributed by atoms with van der Waals surface area (Å²) in [6.45, 7) is 7.65. The normalized spacial score (nSPS) is 30.3. The van der Waals surface area contributed by atoms with Crippen molar-refractivity contribution in [2.45, 2.75) is 38.8 Å². The highest BCUT2D eigenvalue weighted by molar-refractivity contribution is 7.84. The van der Waals surface area contributed by atoms with E-state index in [9.17, 15) is 4.21 Å². The molecule has 1 heterocycles. The number of nitrogens with zero attached hydrogens (tertiary/aromatic N) is 1. The molecule has 1 aliphatic rings. The molecule has 90 valence electrons. The van der Waals surface area contributed by atoms with E-state index in [2.05, 4.69) is 24.1 Å². The molecule has 0 aliphatic carbocycles. The Labute approximate surface area is 96.1 Å². The molecule has 0 aromatic carbocycles. The molecule has 0 bridgehead atoms. The molecule has 1 aliphatic heterocycles. The SMILES string of the molecule is CCNC1CCN(CCS(C)=O)C(C)C1. The maximum Gasteiger partial charge on any atom is 0.0359 e. The molecule has 0 spiro atoms. The first-order valence-corrected chi connectivity index (χ1v) is 7.63. The van der Waals surface area contributed by atoms with Crippen molar-refractivity contribution in [3.05, 3.63) is 0 Å². The second kappa shape index (κ2) is 6.61. The number of likely N-dealkylation sites (tertiary alicyclic amines) is 1. The van der Waals surface area contributed by atoms with Crippen LogP contribution in [0.25, 0.3) is 0 Å². The van der Waals surface area contributed by atoms with Gasteiger partial charge in [-0.1, -0.05) is 6.92 Å². The van der Waals surface area contributed by atoms with Crippen LogP contribution >= 0.6 is 0 Å². The average Bonchev–Trinajstić information content (AvgIpc) is 2.17. The first kappa shape index (κ1) is 13.1. The zero-order valence-electron chi connectivity index (χ0n) is 10.2. The van der Waals surface area contributed by atoms with E-state index >= 15 is 0 Å². The van der Waals surface area contributed by atoms with E-state index in [0.717, 1.165) is 25.4 Å². The van der Waals surface area contributed by atoms with Gasteiger partial charge in [0.25, 0.3) is 0 Å². The summed E-state index contributed by atoms with van der Waals surface area (Å²) in [6, 6.07) is 1.32. The standard InChI is InChI=1S/C11H24N2OS/c1-4-12-11-5-6-13(10(2)9-11)7-8-15(3)14/h10-12H,4-9H2,1-3H3. The topological polar surface area (TPSA) is 32.3 Å². The van der Waals surface area contributed by atoms with Crippen LogP contribution in [0.2, 0.25) is 0 Å². The Morgan fingerprint density at radius 3 is 2.80 bits per heavy atom. The number of nitrogens with one attached hydrogen (secondary N) is 1. The van der Waals surface area contributed by atoms with Gasteiger partial charge < -0.3 is 5.32 Å². The van der Waals surface area contributed by atoms with E-state index < -0.39 is 10.8 Å². The fourth-order valence-corrected chi connectivity index (χ4v) is 2.76. The van der Waals surface area contributed by atoms with Gasteiger partial charge in [0.15, 0.2) is 0 Å². The summed E-state index contributed by atoms with van der Waals surface area (Å²) in [5, 5.41) is 3.51. The van der Waals surface area contributed by atoms with Crippen molar-refractivity contribution in [1.29, 1.82) is 0 Å². The second-order valence-electron chi connectivity index (χ2n) is 4.44.